The van der Waals surface area contributed by atoms with Crippen LogP contribution >= 0.6 is 0 Å². The Morgan fingerprint density at radius 3 is 2.62 bits per heavy atom. The zero-order valence-electron chi connectivity index (χ0n) is 16.0. The van der Waals surface area contributed by atoms with Crippen molar-refractivity contribution in [2.24, 2.45) is 12.8 Å². The largest absolute Gasteiger partial charge is 0.368 e. The van der Waals surface area contributed by atoms with Crippen LogP contribution in [-0.2, 0) is 11.8 Å². The van der Waals surface area contributed by atoms with Crippen molar-refractivity contribution in [1.82, 2.24) is 19.7 Å². The Balaban J connectivity index is 1.53. The Morgan fingerprint density at radius 2 is 1.93 bits per heavy atom. The number of benzene rings is 1. The van der Waals surface area contributed by atoms with Crippen molar-refractivity contribution in [3.05, 3.63) is 71.7 Å². The van der Waals surface area contributed by atoms with Crippen molar-refractivity contribution >= 4 is 11.8 Å². The fourth-order valence-electron chi connectivity index (χ4n) is 3.32. The lowest BCUT2D eigenvalue weighted by atomic mass is 10.1. The van der Waals surface area contributed by atoms with E-state index in [1.807, 2.05) is 30.3 Å². The molecule has 1 fully saturated rings. The van der Waals surface area contributed by atoms with Gasteiger partial charge in [0.25, 0.3) is 5.91 Å². The first-order valence-corrected chi connectivity index (χ1v) is 9.28. The number of aryl methyl sites for hydroxylation is 1. The van der Waals surface area contributed by atoms with Crippen LogP contribution in [0.5, 0.6) is 0 Å². The zero-order valence-corrected chi connectivity index (χ0v) is 16.0. The molecular weight excluding hydrogens is 370 g/mol. The number of ether oxygens (including phenoxy) is 1. The maximum absolute atomic E-state index is 12.7. The van der Waals surface area contributed by atoms with E-state index in [2.05, 4.69) is 5.10 Å². The Labute approximate surface area is 167 Å². The lowest BCUT2D eigenvalue weighted by molar-refractivity contribution is -0.0246. The quantitative estimate of drug-likeness (QED) is 0.730. The molecule has 1 unspecified atom stereocenters. The number of carbonyl (C=O) groups excluding carboxylic acids is 2. The molecule has 4 rings (SSSR count). The van der Waals surface area contributed by atoms with Crippen molar-refractivity contribution in [2.45, 2.75) is 6.10 Å². The smallest absolute Gasteiger partial charge is 0.257 e. The van der Waals surface area contributed by atoms with Crippen LogP contribution in [0.3, 0.4) is 0 Å². The lowest BCUT2D eigenvalue weighted by Gasteiger charge is -2.32. The van der Waals surface area contributed by atoms with Gasteiger partial charge < -0.3 is 15.4 Å². The Morgan fingerprint density at radius 1 is 1.14 bits per heavy atom. The highest BCUT2D eigenvalue weighted by Crippen LogP contribution is 2.25. The van der Waals surface area contributed by atoms with Crippen LogP contribution in [0.4, 0.5) is 0 Å². The predicted molar refractivity (Wildman–Crippen MR) is 106 cm³/mol. The molecule has 0 aliphatic carbocycles. The molecule has 3 heterocycles. The number of carbonyl (C=O) groups is 2. The van der Waals surface area contributed by atoms with Crippen molar-refractivity contribution in [2.75, 3.05) is 19.7 Å². The van der Waals surface area contributed by atoms with Gasteiger partial charge in [0.1, 0.15) is 6.10 Å². The first kappa shape index (κ1) is 18.8. The van der Waals surface area contributed by atoms with Gasteiger partial charge in [0.15, 0.2) is 0 Å². The van der Waals surface area contributed by atoms with Crippen LogP contribution in [0.1, 0.15) is 32.5 Å². The molecule has 3 aromatic rings. The van der Waals surface area contributed by atoms with E-state index < -0.39 is 5.91 Å². The molecule has 2 aromatic heterocycles. The summed E-state index contributed by atoms with van der Waals surface area (Å²) in [5.41, 5.74) is 8.69. The summed E-state index contributed by atoms with van der Waals surface area (Å²) in [5, 5.41) is 4.07. The van der Waals surface area contributed by atoms with Gasteiger partial charge in [0.05, 0.1) is 36.3 Å². The molecular formula is C21H21N5O3. The van der Waals surface area contributed by atoms with E-state index in [-0.39, 0.29) is 12.0 Å². The van der Waals surface area contributed by atoms with E-state index in [0.29, 0.717) is 30.8 Å². The summed E-state index contributed by atoms with van der Waals surface area (Å²) < 4.78 is 7.50. The van der Waals surface area contributed by atoms with Gasteiger partial charge in [-0.25, -0.2) is 4.98 Å². The topological polar surface area (TPSA) is 103 Å². The number of amides is 2. The molecule has 8 heteroatoms. The molecule has 8 nitrogen and oxygen atoms in total. The minimum absolute atomic E-state index is 0.0652. The summed E-state index contributed by atoms with van der Waals surface area (Å²) >= 11 is 0. The maximum atomic E-state index is 12.7. The SMILES string of the molecule is Cn1cc(C(=O)N2CCOC(c3cccc(-c4ccc(C(N)=O)cc4)n3)C2)cn1. The van der Waals surface area contributed by atoms with E-state index in [1.165, 1.54) is 0 Å². The number of aromatic nitrogens is 3. The lowest BCUT2D eigenvalue weighted by Crippen LogP contribution is -2.42. The number of nitrogens with two attached hydrogens (primary N) is 1. The van der Waals surface area contributed by atoms with Gasteiger partial charge in [-0.15, -0.1) is 0 Å². The highest BCUT2D eigenvalue weighted by molar-refractivity contribution is 5.94. The van der Waals surface area contributed by atoms with E-state index in [4.69, 9.17) is 15.5 Å². The molecule has 148 valence electrons. The molecule has 1 saturated heterocycles. The number of hydrogen-bond acceptors (Lipinski definition) is 5. The molecule has 1 aliphatic rings. The number of rotatable bonds is 4. The number of pyridine rings is 1. The van der Waals surface area contributed by atoms with Crippen molar-refractivity contribution in [1.29, 1.82) is 0 Å². The molecule has 0 saturated carbocycles. The first-order valence-electron chi connectivity index (χ1n) is 9.28. The van der Waals surface area contributed by atoms with Gasteiger partial charge in [-0.2, -0.15) is 5.10 Å². The molecule has 0 bridgehead atoms. The zero-order chi connectivity index (χ0) is 20.4. The average molecular weight is 391 g/mol. The van der Waals surface area contributed by atoms with Crippen LogP contribution < -0.4 is 5.73 Å². The average Bonchev–Trinajstić information content (AvgIpc) is 3.20. The summed E-state index contributed by atoms with van der Waals surface area (Å²) in [4.78, 5) is 30.5. The van der Waals surface area contributed by atoms with E-state index in [9.17, 15) is 9.59 Å². The second-order valence-electron chi connectivity index (χ2n) is 6.90. The summed E-state index contributed by atoms with van der Waals surface area (Å²) in [6.07, 6.45) is 2.97. The fraction of sp³-hybridized carbons (Fsp3) is 0.238. The summed E-state index contributed by atoms with van der Waals surface area (Å²) in [7, 11) is 1.78. The molecule has 1 aromatic carbocycles. The highest BCUT2D eigenvalue weighted by atomic mass is 16.5. The minimum Gasteiger partial charge on any atom is -0.368 e. The summed E-state index contributed by atoms with van der Waals surface area (Å²) in [5.74, 6) is -0.531. The number of hydrogen-bond donors (Lipinski definition) is 1. The van der Waals surface area contributed by atoms with Gasteiger partial charge in [-0.05, 0) is 24.3 Å². The normalized spacial score (nSPS) is 16.6. The highest BCUT2D eigenvalue weighted by Gasteiger charge is 2.27. The van der Waals surface area contributed by atoms with Crippen molar-refractivity contribution in [3.8, 4) is 11.3 Å². The number of nitrogens with zero attached hydrogens (tertiary/aromatic N) is 4. The Hall–Kier alpha value is -3.52. The molecule has 0 spiro atoms. The Bertz CT molecular complexity index is 1040. The second kappa shape index (κ2) is 7.84. The fourth-order valence-corrected chi connectivity index (χ4v) is 3.32. The summed E-state index contributed by atoms with van der Waals surface area (Å²) in [6, 6.07) is 12.7. The van der Waals surface area contributed by atoms with Gasteiger partial charge >= 0.3 is 0 Å². The maximum Gasteiger partial charge on any atom is 0.257 e. The van der Waals surface area contributed by atoms with Crippen LogP contribution in [0.15, 0.2) is 54.9 Å². The Kier molecular flexibility index (Phi) is 5.09. The molecule has 1 atom stereocenters. The van der Waals surface area contributed by atoms with Gasteiger partial charge in [-0.1, -0.05) is 18.2 Å². The molecule has 0 radical (unpaired) electrons. The van der Waals surface area contributed by atoms with Crippen molar-refractivity contribution in [3.63, 3.8) is 0 Å². The van der Waals surface area contributed by atoms with Crippen LogP contribution in [0.2, 0.25) is 0 Å². The van der Waals surface area contributed by atoms with Gasteiger partial charge in [0.2, 0.25) is 5.91 Å². The van der Waals surface area contributed by atoms with E-state index in [1.54, 1.807) is 41.2 Å². The minimum atomic E-state index is -0.466. The third-order valence-corrected chi connectivity index (χ3v) is 4.87. The van der Waals surface area contributed by atoms with Crippen molar-refractivity contribution < 1.29 is 14.3 Å². The molecule has 2 amide bonds. The van der Waals surface area contributed by atoms with E-state index in [0.717, 1.165) is 17.0 Å². The first-order chi connectivity index (χ1) is 14.0. The van der Waals surface area contributed by atoms with Crippen LogP contribution in [-0.4, -0.2) is 51.2 Å². The molecule has 1 aliphatic heterocycles. The summed E-state index contributed by atoms with van der Waals surface area (Å²) in [6.45, 7) is 1.39. The standard InChI is InChI=1S/C21H21N5O3/c1-25-12-16(11-23-25)21(28)26-9-10-29-19(13-26)18-4-2-3-17(24-18)14-5-7-15(8-6-14)20(22)27/h2-8,11-12,19H,9-10,13H2,1H3,(H2,22,27). The number of primary amides is 1. The van der Waals surface area contributed by atoms with E-state index >= 15 is 0 Å². The third kappa shape index (κ3) is 4.02. The predicted octanol–water partition coefficient (Wildman–Crippen LogP) is 1.79. The second-order valence-corrected chi connectivity index (χ2v) is 6.90. The van der Waals surface area contributed by atoms with Gasteiger partial charge in [-0.3, -0.25) is 14.3 Å². The molecule has 29 heavy (non-hydrogen) atoms. The van der Waals surface area contributed by atoms with Gasteiger partial charge in [0, 0.05) is 30.9 Å². The number of morpholine rings is 1. The molecule has 2 N–H and O–H groups in total. The monoisotopic (exact) mass is 391 g/mol. The van der Waals surface area contributed by atoms with Crippen LogP contribution in [0, 0.1) is 0 Å². The van der Waals surface area contributed by atoms with Crippen LogP contribution in [0.25, 0.3) is 11.3 Å². The third-order valence-electron chi connectivity index (χ3n) is 4.87.